The Labute approximate surface area is 119 Å². The van der Waals surface area contributed by atoms with Crippen molar-refractivity contribution < 1.29 is 9.90 Å². The first-order valence-electron chi connectivity index (χ1n) is 7.72. The normalized spacial score (nSPS) is 19.9. The Kier molecular flexibility index (Phi) is 4.05. The van der Waals surface area contributed by atoms with Crippen LogP contribution in [0.3, 0.4) is 0 Å². The number of carboxylic acid groups (broad SMARTS) is 1. The molecule has 0 unspecified atom stereocenters. The molecule has 3 rings (SSSR count). The summed E-state index contributed by atoms with van der Waals surface area (Å²) in [5.74, 6) is -0.716. The van der Waals surface area contributed by atoms with Gasteiger partial charge in [-0.05, 0) is 31.7 Å². The van der Waals surface area contributed by atoms with Crippen LogP contribution in [0.5, 0.6) is 0 Å². The fraction of sp³-hybridized carbons (Fsp3) is 0.733. The molecule has 0 aliphatic heterocycles. The lowest BCUT2D eigenvalue weighted by atomic mass is 10.3. The summed E-state index contributed by atoms with van der Waals surface area (Å²) in [5, 5.41) is 13.5. The van der Waals surface area contributed by atoms with Crippen molar-refractivity contribution in [2.45, 2.75) is 63.6 Å². The van der Waals surface area contributed by atoms with Crippen LogP contribution in [0.1, 0.15) is 56.7 Å². The van der Waals surface area contributed by atoms with E-state index in [0.717, 1.165) is 12.2 Å². The number of carbonyl (C=O) groups is 1. The molecule has 1 N–H and O–H groups in total. The highest BCUT2D eigenvalue weighted by Gasteiger charge is 2.29. The maximum atomic E-state index is 10.7. The lowest BCUT2D eigenvalue weighted by Gasteiger charge is -2.19. The second-order valence-corrected chi connectivity index (χ2v) is 6.07. The molecular weight excluding hydrogens is 254 g/mol. The topological polar surface area (TPSA) is 58.4 Å². The summed E-state index contributed by atoms with van der Waals surface area (Å²) in [7, 11) is 0. The van der Waals surface area contributed by atoms with E-state index in [0.29, 0.717) is 18.6 Å². The van der Waals surface area contributed by atoms with Gasteiger partial charge in [-0.2, -0.15) is 5.10 Å². The summed E-state index contributed by atoms with van der Waals surface area (Å²) in [4.78, 5) is 13.0. The molecule has 0 saturated heterocycles. The van der Waals surface area contributed by atoms with Crippen molar-refractivity contribution >= 4 is 5.97 Å². The Hall–Kier alpha value is -1.36. The van der Waals surface area contributed by atoms with Gasteiger partial charge in [0.15, 0.2) is 0 Å². The highest BCUT2D eigenvalue weighted by molar-refractivity contribution is 5.66. The van der Waals surface area contributed by atoms with E-state index in [4.69, 9.17) is 10.2 Å². The number of rotatable bonds is 7. The van der Waals surface area contributed by atoms with Gasteiger partial charge in [-0.1, -0.05) is 12.8 Å². The van der Waals surface area contributed by atoms with Gasteiger partial charge in [0, 0.05) is 25.3 Å². The van der Waals surface area contributed by atoms with Crippen molar-refractivity contribution in [3.05, 3.63) is 18.0 Å². The van der Waals surface area contributed by atoms with Crippen LogP contribution < -0.4 is 0 Å². The molecule has 0 radical (unpaired) electrons. The zero-order valence-electron chi connectivity index (χ0n) is 11.9. The monoisotopic (exact) mass is 277 g/mol. The maximum Gasteiger partial charge on any atom is 0.304 e. The molecule has 0 bridgehead atoms. The van der Waals surface area contributed by atoms with Gasteiger partial charge >= 0.3 is 5.97 Å². The van der Waals surface area contributed by atoms with Crippen LogP contribution in [-0.4, -0.2) is 38.3 Å². The molecule has 0 amide bonds. The van der Waals surface area contributed by atoms with Gasteiger partial charge < -0.3 is 5.11 Å². The molecule has 0 atom stereocenters. The van der Waals surface area contributed by atoms with E-state index < -0.39 is 5.97 Å². The van der Waals surface area contributed by atoms with Crippen molar-refractivity contribution in [3.8, 4) is 0 Å². The summed E-state index contributed by atoms with van der Waals surface area (Å²) < 4.78 is 2.12. The van der Waals surface area contributed by atoms with E-state index in [-0.39, 0.29) is 6.42 Å². The van der Waals surface area contributed by atoms with E-state index in [1.54, 1.807) is 0 Å². The van der Waals surface area contributed by atoms with Crippen LogP contribution in [0, 0.1) is 0 Å². The van der Waals surface area contributed by atoms with Gasteiger partial charge in [0.25, 0.3) is 0 Å². The quantitative estimate of drug-likeness (QED) is 0.831. The van der Waals surface area contributed by atoms with Gasteiger partial charge in [-0.15, -0.1) is 0 Å². The van der Waals surface area contributed by atoms with Crippen LogP contribution in [0.4, 0.5) is 0 Å². The van der Waals surface area contributed by atoms with Crippen LogP contribution in [0.25, 0.3) is 0 Å². The van der Waals surface area contributed by atoms with Crippen molar-refractivity contribution in [2.24, 2.45) is 0 Å². The molecule has 2 aliphatic carbocycles. The smallest absolute Gasteiger partial charge is 0.304 e. The molecule has 0 spiro atoms. The minimum atomic E-state index is -0.716. The second kappa shape index (κ2) is 5.95. The van der Waals surface area contributed by atoms with E-state index in [2.05, 4.69) is 21.8 Å². The Morgan fingerprint density at radius 1 is 1.35 bits per heavy atom. The Morgan fingerprint density at radius 2 is 2.10 bits per heavy atom. The van der Waals surface area contributed by atoms with E-state index in [9.17, 15) is 4.79 Å². The molecule has 5 heteroatoms. The molecule has 2 aliphatic rings. The largest absolute Gasteiger partial charge is 0.481 e. The third kappa shape index (κ3) is 3.39. The molecule has 5 nitrogen and oxygen atoms in total. The molecule has 110 valence electrons. The van der Waals surface area contributed by atoms with Gasteiger partial charge in [-0.3, -0.25) is 14.4 Å². The molecule has 2 saturated carbocycles. The molecule has 1 heterocycles. The minimum absolute atomic E-state index is 0.222. The first-order valence-corrected chi connectivity index (χ1v) is 7.72. The fourth-order valence-corrected chi connectivity index (χ4v) is 3.11. The van der Waals surface area contributed by atoms with E-state index in [1.165, 1.54) is 38.5 Å². The van der Waals surface area contributed by atoms with Gasteiger partial charge in [-0.25, -0.2) is 0 Å². The summed E-state index contributed by atoms with van der Waals surface area (Å²) in [6, 6.07) is 3.25. The zero-order valence-corrected chi connectivity index (χ0v) is 11.9. The summed E-state index contributed by atoms with van der Waals surface area (Å²) in [6.45, 7) is 1.42. The Bertz CT molecular complexity index is 461. The van der Waals surface area contributed by atoms with Crippen LogP contribution in [-0.2, 0) is 11.3 Å². The summed E-state index contributed by atoms with van der Waals surface area (Å²) in [5.41, 5.74) is 1.08. The van der Waals surface area contributed by atoms with Crippen LogP contribution in [0.2, 0.25) is 0 Å². The first kappa shape index (κ1) is 13.6. The number of hydrogen-bond acceptors (Lipinski definition) is 3. The van der Waals surface area contributed by atoms with Crippen LogP contribution in [0.15, 0.2) is 12.3 Å². The van der Waals surface area contributed by atoms with E-state index >= 15 is 0 Å². The second-order valence-electron chi connectivity index (χ2n) is 6.07. The third-order valence-corrected chi connectivity index (χ3v) is 4.40. The number of aliphatic carboxylic acids is 1. The van der Waals surface area contributed by atoms with Crippen molar-refractivity contribution in [3.63, 3.8) is 0 Å². The number of hydrogen-bond donors (Lipinski definition) is 1. The minimum Gasteiger partial charge on any atom is -0.481 e. The first-order chi connectivity index (χ1) is 9.72. The van der Waals surface area contributed by atoms with Crippen molar-refractivity contribution in [1.82, 2.24) is 14.7 Å². The molecule has 0 aromatic carbocycles. The highest BCUT2D eigenvalue weighted by Crippen LogP contribution is 2.30. The Morgan fingerprint density at radius 3 is 2.75 bits per heavy atom. The molecule has 1 aromatic heterocycles. The standard InChI is InChI=1S/C15H23N3O2/c19-15(20)8-9-17(13-5-6-13)11-12-7-10-18(16-12)14-3-1-2-4-14/h7,10,13-14H,1-6,8-9,11H2,(H,19,20). The molecule has 1 aromatic rings. The number of carboxylic acids is 1. The maximum absolute atomic E-state index is 10.7. The predicted octanol–water partition coefficient (Wildman–Crippen LogP) is 2.44. The summed E-state index contributed by atoms with van der Waals surface area (Å²) >= 11 is 0. The molecule has 20 heavy (non-hydrogen) atoms. The predicted molar refractivity (Wildman–Crippen MR) is 75.4 cm³/mol. The van der Waals surface area contributed by atoms with Gasteiger partial charge in [0.1, 0.15) is 0 Å². The lowest BCUT2D eigenvalue weighted by Crippen LogP contribution is -2.28. The third-order valence-electron chi connectivity index (χ3n) is 4.40. The Balaban J connectivity index is 1.58. The van der Waals surface area contributed by atoms with E-state index in [1.807, 2.05) is 0 Å². The van der Waals surface area contributed by atoms with Gasteiger partial charge in [0.05, 0.1) is 18.2 Å². The molecule has 2 fully saturated rings. The van der Waals surface area contributed by atoms with Crippen LogP contribution >= 0.6 is 0 Å². The molecular formula is C15H23N3O2. The fourth-order valence-electron chi connectivity index (χ4n) is 3.11. The SMILES string of the molecule is O=C(O)CCN(Cc1ccn(C2CCCC2)n1)C1CC1. The average Bonchev–Trinajstić information content (AvgIpc) is 2.93. The summed E-state index contributed by atoms with van der Waals surface area (Å²) in [6.07, 6.45) is 9.82. The number of aromatic nitrogens is 2. The average molecular weight is 277 g/mol. The van der Waals surface area contributed by atoms with Crippen molar-refractivity contribution in [2.75, 3.05) is 6.54 Å². The number of nitrogens with zero attached hydrogens (tertiary/aromatic N) is 3. The highest BCUT2D eigenvalue weighted by atomic mass is 16.4. The lowest BCUT2D eigenvalue weighted by molar-refractivity contribution is -0.137. The van der Waals surface area contributed by atoms with Gasteiger partial charge in [0.2, 0.25) is 0 Å². The zero-order chi connectivity index (χ0) is 13.9. The van der Waals surface area contributed by atoms with Crippen molar-refractivity contribution in [1.29, 1.82) is 0 Å².